The second-order valence-electron chi connectivity index (χ2n) is 7.77. The Morgan fingerprint density at radius 1 is 0.739 bits per heavy atom. The maximum Gasteiger partial charge on any atom is -0.0162 e. The van der Waals surface area contributed by atoms with Crippen LogP contribution < -0.4 is 0 Å². The largest absolute Gasteiger partial charge is 0.0654 e. The van der Waals surface area contributed by atoms with Gasteiger partial charge in [0, 0.05) is 0 Å². The van der Waals surface area contributed by atoms with E-state index < -0.39 is 0 Å². The lowest BCUT2D eigenvalue weighted by Gasteiger charge is -2.29. The van der Waals surface area contributed by atoms with E-state index in [-0.39, 0.29) is 0 Å². The van der Waals surface area contributed by atoms with Crippen molar-refractivity contribution in [3.8, 4) is 0 Å². The minimum absolute atomic E-state index is 0.839. The molecule has 1 saturated carbocycles. The summed E-state index contributed by atoms with van der Waals surface area (Å²) in [6.07, 6.45) is 18.4. The van der Waals surface area contributed by atoms with Gasteiger partial charge in [0.05, 0.1) is 0 Å². The van der Waals surface area contributed by atoms with Gasteiger partial charge in [-0.25, -0.2) is 0 Å². The molecule has 1 aromatic carbocycles. The van der Waals surface area contributed by atoms with E-state index in [0.717, 1.165) is 11.8 Å². The fourth-order valence-electron chi connectivity index (χ4n) is 4.24. The van der Waals surface area contributed by atoms with E-state index in [1.807, 2.05) is 0 Å². The highest BCUT2D eigenvalue weighted by molar-refractivity contribution is 5.25. The Labute approximate surface area is 145 Å². The zero-order chi connectivity index (χ0) is 16.3. The van der Waals surface area contributed by atoms with Crippen molar-refractivity contribution in [3.05, 3.63) is 35.4 Å². The number of unbranched alkanes of at least 4 members (excludes halogenated alkanes) is 5. The monoisotopic (exact) mass is 314 g/mol. The molecule has 0 heterocycles. The molecule has 1 fully saturated rings. The van der Waals surface area contributed by atoms with Crippen LogP contribution in [0.15, 0.2) is 24.3 Å². The SMILES string of the molecule is CCCCCCCCC1CCC(c2ccc(CCC)cc2)CC1. The van der Waals surface area contributed by atoms with Crippen LogP contribution in [0, 0.1) is 5.92 Å². The van der Waals surface area contributed by atoms with Crippen molar-refractivity contribution in [2.24, 2.45) is 5.92 Å². The van der Waals surface area contributed by atoms with E-state index in [0.29, 0.717) is 0 Å². The third-order valence-corrected chi connectivity index (χ3v) is 5.80. The molecule has 2 rings (SSSR count). The smallest absolute Gasteiger partial charge is 0.0162 e. The summed E-state index contributed by atoms with van der Waals surface area (Å²) in [7, 11) is 0. The third kappa shape index (κ3) is 6.69. The van der Waals surface area contributed by atoms with Crippen LogP contribution in [0.2, 0.25) is 0 Å². The van der Waals surface area contributed by atoms with E-state index in [9.17, 15) is 0 Å². The van der Waals surface area contributed by atoms with Gasteiger partial charge in [0.2, 0.25) is 0 Å². The topological polar surface area (TPSA) is 0 Å². The molecule has 0 bridgehead atoms. The van der Waals surface area contributed by atoms with Gasteiger partial charge in [-0.2, -0.15) is 0 Å². The number of hydrogen-bond donors (Lipinski definition) is 0. The minimum atomic E-state index is 0.839. The number of aryl methyl sites for hydroxylation is 1. The predicted molar refractivity (Wildman–Crippen MR) is 103 cm³/mol. The highest BCUT2D eigenvalue weighted by Gasteiger charge is 2.21. The Morgan fingerprint density at radius 2 is 1.39 bits per heavy atom. The van der Waals surface area contributed by atoms with Gasteiger partial charge in [0.1, 0.15) is 0 Å². The Kier molecular flexibility index (Phi) is 8.79. The molecule has 0 N–H and O–H groups in total. The van der Waals surface area contributed by atoms with Crippen LogP contribution in [0.25, 0.3) is 0 Å². The Morgan fingerprint density at radius 3 is 2.04 bits per heavy atom. The van der Waals surface area contributed by atoms with Crippen LogP contribution in [0.1, 0.15) is 108 Å². The van der Waals surface area contributed by atoms with E-state index in [1.54, 1.807) is 5.56 Å². The van der Waals surface area contributed by atoms with Gasteiger partial charge in [-0.15, -0.1) is 0 Å². The van der Waals surface area contributed by atoms with Gasteiger partial charge in [-0.1, -0.05) is 89.5 Å². The van der Waals surface area contributed by atoms with Gasteiger partial charge in [-0.05, 0) is 55.1 Å². The Bertz CT molecular complexity index is 395. The van der Waals surface area contributed by atoms with Gasteiger partial charge >= 0.3 is 0 Å². The Balaban J connectivity index is 1.63. The average molecular weight is 315 g/mol. The fraction of sp³-hybridized carbons (Fsp3) is 0.739. The lowest BCUT2D eigenvalue weighted by molar-refractivity contribution is 0.302. The molecule has 1 aliphatic carbocycles. The molecule has 0 atom stereocenters. The predicted octanol–water partition coefficient (Wildman–Crippen LogP) is 7.66. The summed E-state index contributed by atoms with van der Waals surface area (Å²) < 4.78 is 0. The molecule has 1 aromatic rings. The van der Waals surface area contributed by atoms with Gasteiger partial charge < -0.3 is 0 Å². The highest BCUT2D eigenvalue weighted by Crippen LogP contribution is 2.37. The molecule has 0 amide bonds. The van der Waals surface area contributed by atoms with E-state index >= 15 is 0 Å². The first-order valence-electron chi connectivity index (χ1n) is 10.4. The van der Waals surface area contributed by atoms with Crippen molar-refractivity contribution in [2.45, 2.75) is 103 Å². The van der Waals surface area contributed by atoms with Crippen LogP contribution in [0.4, 0.5) is 0 Å². The van der Waals surface area contributed by atoms with Crippen LogP contribution in [-0.2, 0) is 6.42 Å². The summed E-state index contributed by atoms with van der Waals surface area (Å²) in [4.78, 5) is 0. The first kappa shape index (κ1) is 18.6. The quantitative estimate of drug-likeness (QED) is 0.389. The highest BCUT2D eigenvalue weighted by atomic mass is 14.3. The van der Waals surface area contributed by atoms with Crippen molar-refractivity contribution < 1.29 is 0 Å². The minimum Gasteiger partial charge on any atom is -0.0654 e. The summed E-state index contributed by atoms with van der Waals surface area (Å²) in [5.41, 5.74) is 3.11. The van der Waals surface area contributed by atoms with E-state index in [1.165, 1.54) is 89.0 Å². The van der Waals surface area contributed by atoms with Crippen molar-refractivity contribution in [1.82, 2.24) is 0 Å². The Hall–Kier alpha value is -0.780. The van der Waals surface area contributed by atoms with E-state index in [4.69, 9.17) is 0 Å². The molecular formula is C23H38. The maximum atomic E-state index is 2.41. The summed E-state index contributed by atoms with van der Waals surface area (Å²) in [6.45, 7) is 4.56. The van der Waals surface area contributed by atoms with Crippen LogP contribution >= 0.6 is 0 Å². The number of benzene rings is 1. The van der Waals surface area contributed by atoms with Gasteiger partial charge in [0.25, 0.3) is 0 Å². The van der Waals surface area contributed by atoms with Crippen LogP contribution in [0.3, 0.4) is 0 Å². The van der Waals surface area contributed by atoms with Gasteiger partial charge in [0.15, 0.2) is 0 Å². The van der Waals surface area contributed by atoms with Crippen molar-refractivity contribution >= 4 is 0 Å². The zero-order valence-electron chi connectivity index (χ0n) is 15.7. The molecule has 1 aliphatic rings. The molecular weight excluding hydrogens is 276 g/mol. The summed E-state index contributed by atoms with van der Waals surface area (Å²) >= 11 is 0. The lowest BCUT2D eigenvalue weighted by atomic mass is 9.77. The van der Waals surface area contributed by atoms with Gasteiger partial charge in [-0.3, -0.25) is 0 Å². The lowest BCUT2D eigenvalue weighted by Crippen LogP contribution is -2.13. The molecule has 0 saturated heterocycles. The molecule has 0 heteroatoms. The maximum absolute atomic E-state index is 2.41. The van der Waals surface area contributed by atoms with Crippen molar-refractivity contribution in [2.75, 3.05) is 0 Å². The molecule has 0 aromatic heterocycles. The first-order chi connectivity index (χ1) is 11.3. The summed E-state index contributed by atoms with van der Waals surface area (Å²) in [6, 6.07) is 9.54. The molecule has 0 radical (unpaired) electrons. The molecule has 0 aliphatic heterocycles. The average Bonchev–Trinajstić information content (AvgIpc) is 2.60. The van der Waals surface area contributed by atoms with Crippen LogP contribution in [0.5, 0.6) is 0 Å². The summed E-state index contributed by atoms with van der Waals surface area (Å²) in [5.74, 6) is 1.86. The normalized spacial score (nSPS) is 21.5. The molecule has 130 valence electrons. The number of rotatable bonds is 10. The second-order valence-corrected chi connectivity index (χ2v) is 7.77. The molecule has 0 unspecified atom stereocenters. The third-order valence-electron chi connectivity index (χ3n) is 5.80. The first-order valence-corrected chi connectivity index (χ1v) is 10.4. The second kappa shape index (κ2) is 10.9. The molecule has 0 spiro atoms. The molecule has 0 nitrogen and oxygen atoms in total. The molecule has 23 heavy (non-hydrogen) atoms. The van der Waals surface area contributed by atoms with E-state index in [2.05, 4.69) is 38.1 Å². The van der Waals surface area contributed by atoms with Crippen molar-refractivity contribution in [1.29, 1.82) is 0 Å². The standard InChI is InChI=1S/C23H38/c1-3-5-6-7-8-9-11-21-14-18-23(19-15-21)22-16-12-20(10-4-2)13-17-22/h12-13,16-17,21,23H,3-11,14-15,18-19H2,1-2H3. The van der Waals surface area contributed by atoms with Crippen molar-refractivity contribution in [3.63, 3.8) is 0 Å². The zero-order valence-corrected chi connectivity index (χ0v) is 15.7. The van der Waals surface area contributed by atoms with Crippen LogP contribution in [-0.4, -0.2) is 0 Å². The number of hydrogen-bond acceptors (Lipinski definition) is 0. The fourth-order valence-corrected chi connectivity index (χ4v) is 4.24. The summed E-state index contributed by atoms with van der Waals surface area (Å²) in [5, 5.41) is 0.